The van der Waals surface area contributed by atoms with Gasteiger partial charge in [0.2, 0.25) is 0 Å². The Balaban J connectivity index is 1.80. The first-order valence-corrected chi connectivity index (χ1v) is 6.91. The third-order valence-electron chi connectivity index (χ3n) is 3.72. The SMILES string of the molecule is COc1cccc(OCCN2C[C@@H](OC)C[C@H]2CO)c1. The van der Waals surface area contributed by atoms with Crippen molar-refractivity contribution in [2.24, 2.45) is 0 Å². The zero-order chi connectivity index (χ0) is 14.4. The van der Waals surface area contributed by atoms with Crippen molar-refractivity contribution in [3.63, 3.8) is 0 Å². The maximum Gasteiger partial charge on any atom is 0.123 e. The number of nitrogens with zero attached hydrogens (tertiary/aromatic N) is 1. The van der Waals surface area contributed by atoms with Crippen molar-refractivity contribution < 1.29 is 19.3 Å². The molecule has 1 aromatic rings. The topological polar surface area (TPSA) is 51.2 Å². The molecule has 0 aliphatic carbocycles. The zero-order valence-corrected chi connectivity index (χ0v) is 12.1. The van der Waals surface area contributed by atoms with Gasteiger partial charge < -0.3 is 19.3 Å². The summed E-state index contributed by atoms with van der Waals surface area (Å²) in [5.74, 6) is 1.59. The van der Waals surface area contributed by atoms with Gasteiger partial charge in [-0.05, 0) is 18.6 Å². The van der Waals surface area contributed by atoms with Gasteiger partial charge in [0.15, 0.2) is 0 Å². The molecule has 0 aromatic heterocycles. The number of rotatable bonds is 7. The summed E-state index contributed by atoms with van der Waals surface area (Å²) in [5, 5.41) is 9.38. The predicted molar refractivity (Wildman–Crippen MR) is 76.3 cm³/mol. The predicted octanol–water partition coefficient (Wildman–Crippen LogP) is 1.16. The third kappa shape index (κ3) is 3.85. The molecule has 0 saturated carbocycles. The molecule has 1 saturated heterocycles. The molecule has 0 radical (unpaired) electrons. The lowest BCUT2D eigenvalue weighted by atomic mass is 10.2. The first-order valence-electron chi connectivity index (χ1n) is 6.91. The van der Waals surface area contributed by atoms with Crippen molar-refractivity contribution in [1.29, 1.82) is 0 Å². The summed E-state index contributed by atoms with van der Waals surface area (Å²) >= 11 is 0. The molecule has 0 amide bonds. The van der Waals surface area contributed by atoms with Crippen molar-refractivity contribution in [1.82, 2.24) is 4.90 Å². The van der Waals surface area contributed by atoms with Crippen LogP contribution in [-0.2, 0) is 4.74 Å². The van der Waals surface area contributed by atoms with Crippen LogP contribution in [0.25, 0.3) is 0 Å². The smallest absolute Gasteiger partial charge is 0.123 e. The lowest BCUT2D eigenvalue weighted by Gasteiger charge is -2.22. The lowest BCUT2D eigenvalue weighted by Crippen LogP contribution is -2.35. The fourth-order valence-electron chi connectivity index (χ4n) is 2.54. The highest BCUT2D eigenvalue weighted by molar-refractivity contribution is 5.32. The van der Waals surface area contributed by atoms with Crippen LogP contribution in [0.15, 0.2) is 24.3 Å². The second-order valence-corrected chi connectivity index (χ2v) is 4.95. The zero-order valence-electron chi connectivity index (χ0n) is 12.1. The molecule has 1 aliphatic heterocycles. The minimum absolute atomic E-state index is 0.166. The maximum absolute atomic E-state index is 9.38. The molecule has 0 unspecified atom stereocenters. The summed E-state index contributed by atoms with van der Waals surface area (Å²) in [4.78, 5) is 2.22. The van der Waals surface area contributed by atoms with E-state index in [4.69, 9.17) is 14.2 Å². The third-order valence-corrected chi connectivity index (χ3v) is 3.72. The van der Waals surface area contributed by atoms with Gasteiger partial charge in [-0.15, -0.1) is 0 Å². The van der Waals surface area contributed by atoms with E-state index >= 15 is 0 Å². The number of benzene rings is 1. The van der Waals surface area contributed by atoms with Gasteiger partial charge in [0.25, 0.3) is 0 Å². The highest BCUT2D eigenvalue weighted by Gasteiger charge is 2.31. The quantitative estimate of drug-likeness (QED) is 0.812. The van der Waals surface area contributed by atoms with Gasteiger partial charge >= 0.3 is 0 Å². The molecule has 1 fully saturated rings. The van der Waals surface area contributed by atoms with Crippen molar-refractivity contribution in [3.8, 4) is 11.5 Å². The Hall–Kier alpha value is -1.30. The summed E-state index contributed by atoms with van der Waals surface area (Å²) < 4.78 is 16.2. The number of aliphatic hydroxyl groups excluding tert-OH is 1. The second-order valence-electron chi connectivity index (χ2n) is 4.95. The monoisotopic (exact) mass is 281 g/mol. The molecule has 1 aromatic carbocycles. The molecule has 1 aliphatic rings. The molecule has 2 rings (SSSR count). The number of methoxy groups -OCH3 is 2. The molecule has 112 valence electrons. The molecular weight excluding hydrogens is 258 g/mol. The van der Waals surface area contributed by atoms with Gasteiger partial charge in [0.1, 0.15) is 18.1 Å². The van der Waals surface area contributed by atoms with Crippen LogP contribution in [0.5, 0.6) is 11.5 Å². The lowest BCUT2D eigenvalue weighted by molar-refractivity contribution is 0.105. The number of ether oxygens (including phenoxy) is 3. The summed E-state index contributed by atoms with van der Waals surface area (Å²) in [6, 6.07) is 7.74. The Morgan fingerprint density at radius 1 is 1.30 bits per heavy atom. The normalized spacial score (nSPS) is 22.9. The molecule has 0 spiro atoms. The minimum Gasteiger partial charge on any atom is -0.497 e. The van der Waals surface area contributed by atoms with Gasteiger partial charge in [0.05, 0.1) is 19.8 Å². The van der Waals surface area contributed by atoms with E-state index in [1.54, 1.807) is 14.2 Å². The van der Waals surface area contributed by atoms with Gasteiger partial charge in [0, 0.05) is 32.3 Å². The van der Waals surface area contributed by atoms with E-state index in [1.165, 1.54) is 0 Å². The van der Waals surface area contributed by atoms with E-state index in [2.05, 4.69) is 4.90 Å². The first-order chi connectivity index (χ1) is 9.76. The molecule has 1 N–H and O–H groups in total. The van der Waals surface area contributed by atoms with E-state index in [1.807, 2.05) is 24.3 Å². The summed E-state index contributed by atoms with van der Waals surface area (Å²) in [5.41, 5.74) is 0. The second kappa shape index (κ2) is 7.47. The van der Waals surface area contributed by atoms with E-state index in [0.717, 1.165) is 31.0 Å². The highest BCUT2D eigenvalue weighted by atomic mass is 16.5. The van der Waals surface area contributed by atoms with Crippen molar-refractivity contribution in [2.45, 2.75) is 18.6 Å². The van der Waals surface area contributed by atoms with Crippen LogP contribution in [0.4, 0.5) is 0 Å². The molecule has 20 heavy (non-hydrogen) atoms. The molecule has 0 bridgehead atoms. The Bertz CT molecular complexity index is 413. The van der Waals surface area contributed by atoms with Crippen molar-refractivity contribution in [3.05, 3.63) is 24.3 Å². The van der Waals surface area contributed by atoms with E-state index < -0.39 is 0 Å². The Morgan fingerprint density at radius 3 is 2.80 bits per heavy atom. The van der Waals surface area contributed by atoms with Gasteiger partial charge in [-0.25, -0.2) is 0 Å². The summed E-state index contributed by atoms with van der Waals surface area (Å²) in [6.07, 6.45) is 1.09. The highest BCUT2D eigenvalue weighted by Crippen LogP contribution is 2.21. The van der Waals surface area contributed by atoms with Crippen LogP contribution in [0.1, 0.15) is 6.42 Å². The molecule has 1 heterocycles. The van der Waals surface area contributed by atoms with Crippen LogP contribution < -0.4 is 9.47 Å². The number of hydrogen-bond acceptors (Lipinski definition) is 5. The Labute approximate surface area is 120 Å². The molecular formula is C15H23NO4. The van der Waals surface area contributed by atoms with Crippen LogP contribution in [0, 0.1) is 0 Å². The maximum atomic E-state index is 9.38. The number of hydrogen-bond donors (Lipinski definition) is 1. The molecule has 5 nitrogen and oxygen atoms in total. The van der Waals surface area contributed by atoms with Crippen molar-refractivity contribution >= 4 is 0 Å². The van der Waals surface area contributed by atoms with Crippen LogP contribution in [0.2, 0.25) is 0 Å². The van der Waals surface area contributed by atoms with Gasteiger partial charge in [-0.3, -0.25) is 4.90 Å². The van der Waals surface area contributed by atoms with E-state index in [-0.39, 0.29) is 18.8 Å². The summed E-state index contributed by atoms with van der Waals surface area (Å²) in [7, 11) is 3.36. The van der Waals surface area contributed by atoms with Gasteiger partial charge in [-0.2, -0.15) is 0 Å². The minimum atomic E-state index is 0.166. The van der Waals surface area contributed by atoms with Crippen LogP contribution in [0.3, 0.4) is 0 Å². The van der Waals surface area contributed by atoms with Crippen LogP contribution >= 0.6 is 0 Å². The first kappa shape index (κ1) is 15.1. The number of aliphatic hydroxyl groups is 1. The Kier molecular flexibility index (Phi) is 5.64. The molecule has 5 heteroatoms. The van der Waals surface area contributed by atoms with Crippen molar-refractivity contribution in [2.75, 3.05) is 40.5 Å². The molecule has 2 atom stereocenters. The fraction of sp³-hybridized carbons (Fsp3) is 0.600. The fourth-order valence-corrected chi connectivity index (χ4v) is 2.54. The largest absolute Gasteiger partial charge is 0.497 e. The average Bonchev–Trinajstić information content (AvgIpc) is 2.90. The van der Waals surface area contributed by atoms with E-state index in [9.17, 15) is 5.11 Å². The van der Waals surface area contributed by atoms with E-state index in [0.29, 0.717) is 6.61 Å². The number of likely N-dealkylation sites (tertiary alicyclic amines) is 1. The Morgan fingerprint density at radius 2 is 2.10 bits per heavy atom. The average molecular weight is 281 g/mol. The van der Waals surface area contributed by atoms with Crippen LogP contribution in [-0.4, -0.2) is 62.7 Å². The standard InChI is InChI=1S/C15H23NO4/c1-18-13-4-3-5-14(9-13)20-7-6-16-10-15(19-2)8-12(16)11-17/h3-5,9,12,15,17H,6-8,10-11H2,1-2H3/t12-,15-/m0/s1. The summed E-state index contributed by atoms with van der Waals surface area (Å²) in [6.45, 7) is 2.38. The van der Waals surface area contributed by atoms with Gasteiger partial charge in [-0.1, -0.05) is 6.07 Å².